The number of benzene rings is 1. The molecule has 8 heteroatoms. The number of carbonyl (C=O) groups is 2. The van der Waals surface area contributed by atoms with E-state index in [9.17, 15) is 22.8 Å². The molecule has 0 radical (unpaired) electrons. The highest BCUT2D eigenvalue weighted by molar-refractivity contribution is 6.00. The van der Waals surface area contributed by atoms with Gasteiger partial charge in [0.05, 0.1) is 17.2 Å². The Kier molecular flexibility index (Phi) is 4.92. The molecule has 136 valence electrons. The summed E-state index contributed by atoms with van der Waals surface area (Å²) in [6.45, 7) is 0.168. The molecular formula is C18H16F3N3O2. The Balaban J connectivity index is 1.70. The molecule has 1 saturated heterocycles. The van der Waals surface area contributed by atoms with Crippen LogP contribution in [0.2, 0.25) is 0 Å². The standard InChI is InChI=1S/C18H16F3N3O2/c19-18(20,21)14-5-1-2-6-15(14)24-11-13(8-16(24)25)17(26)23-10-12-4-3-7-22-9-12/h1-7,9,13H,8,10-11H2,(H,23,26). The molecule has 1 aliphatic heterocycles. The smallest absolute Gasteiger partial charge is 0.352 e. The monoisotopic (exact) mass is 363 g/mol. The number of anilines is 1. The van der Waals surface area contributed by atoms with Crippen LogP contribution in [0.1, 0.15) is 17.5 Å². The zero-order chi connectivity index (χ0) is 18.7. The third-order valence-corrected chi connectivity index (χ3v) is 4.19. The number of halogens is 3. The molecule has 2 amide bonds. The predicted octanol–water partition coefficient (Wildman–Crippen LogP) is 2.77. The molecule has 1 unspecified atom stereocenters. The third kappa shape index (κ3) is 3.84. The number of pyridine rings is 1. The van der Waals surface area contributed by atoms with Crippen molar-refractivity contribution in [2.75, 3.05) is 11.4 Å². The van der Waals surface area contributed by atoms with E-state index in [1.54, 1.807) is 24.5 Å². The average Bonchev–Trinajstić information content (AvgIpc) is 3.01. The Morgan fingerprint density at radius 3 is 2.69 bits per heavy atom. The summed E-state index contributed by atoms with van der Waals surface area (Å²) in [5.41, 5.74) is -0.304. The number of alkyl halides is 3. The molecule has 2 aromatic rings. The van der Waals surface area contributed by atoms with Crippen LogP contribution in [0, 0.1) is 5.92 Å². The van der Waals surface area contributed by atoms with E-state index in [0.717, 1.165) is 16.5 Å². The maximum absolute atomic E-state index is 13.2. The van der Waals surface area contributed by atoms with Gasteiger partial charge in [0.1, 0.15) is 0 Å². The predicted molar refractivity (Wildman–Crippen MR) is 88.0 cm³/mol. The second-order valence-corrected chi connectivity index (χ2v) is 6.00. The van der Waals surface area contributed by atoms with Crippen LogP contribution in [0.5, 0.6) is 0 Å². The zero-order valence-corrected chi connectivity index (χ0v) is 13.7. The van der Waals surface area contributed by atoms with Gasteiger partial charge in [-0.2, -0.15) is 13.2 Å². The Morgan fingerprint density at radius 2 is 2.00 bits per heavy atom. The molecule has 2 heterocycles. The summed E-state index contributed by atoms with van der Waals surface area (Å²) in [5.74, 6) is -1.56. The Bertz CT molecular complexity index is 809. The van der Waals surface area contributed by atoms with E-state index in [2.05, 4.69) is 10.3 Å². The van der Waals surface area contributed by atoms with Gasteiger partial charge in [-0.15, -0.1) is 0 Å². The lowest BCUT2D eigenvalue weighted by Crippen LogP contribution is -2.33. The highest BCUT2D eigenvalue weighted by Crippen LogP contribution is 2.38. The van der Waals surface area contributed by atoms with Crippen molar-refractivity contribution in [2.24, 2.45) is 5.92 Å². The fourth-order valence-corrected chi connectivity index (χ4v) is 2.90. The van der Waals surface area contributed by atoms with Crippen LogP contribution >= 0.6 is 0 Å². The molecule has 0 bridgehead atoms. The minimum atomic E-state index is -4.57. The van der Waals surface area contributed by atoms with Crippen molar-refractivity contribution in [3.63, 3.8) is 0 Å². The summed E-state index contributed by atoms with van der Waals surface area (Å²) in [7, 11) is 0. The molecule has 1 aromatic carbocycles. The van der Waals surface area contributed by atoms with E-state index in [1.807, 2.05) is 0 Å². The zero-order valence-electron chi connectivity index (χ0n) is 13.7. The average molecular weight is 363 g/mol. The van der Waals surface area contributed by atoms with Gasteiger partial charge < -0.3 is 10.2 Å². The van der Waals surface area contributed by atoms with Crippen LogP contribution in [0.25, 0.3) is 0 Å². The molecule has 0 saturated carbocycles. The van der Waals surface area contributed by atoms with E-state index in [-0.39, 0.29) is 31.1 Å². The summed E-state index contributed by atoms with van der Waals surface area (Å²) in [4.78, 5) is 29.5. The summed E-state index contributed by atoms with van der Waals surface area (Å²) < 4.78 is 39.5. The Morgan fingerprint density at radius 1 is 1.23 bits per heavy atom. The van der Waals surface area contributed by atoms with Crippen LogP contribution in [0.3, 0.4) is 0 Å². The first kappa shape index (κ1) is 17.9. The van der Waals surface area contributed by atoms with E-state index in [4.69, 9.17) is 0 Å². The van der Waals surface area contributed by atoms with Gasteiger partial charge in [0, 0.05) is 31.9 Å². The Hall–Kier alpha value is -2.90. The first-order valence-corrected chi connectivity index (χ1v) is 7.99. The SMILES string of the molecule is O=C(NCc1cccnc1)C1CC(=O)N(c2ccccc2C(F)(F)F)C1. The molecule has 1 aliphatic rings. The first-order chi connectivity index (χ1) is 12.4. The van der Waals surface area contributed by atoms with Crippen LogP contribution < -0.4 is 10.2 Å². The van der Waals surface area contributed by atoms with Gasteiger partial charge in [0.2, 0.25) is 11.8 Å². The minimum Gasteiger partial charge on any atom is -0.352 e. The van der Waals surface area contributed by atoms with Gasteiger partial charge in [0.25, 0.3) is 0 Å². The second-order valence-electron chi connectivity index (χ2n) is 6.00. The number of hydrogen-bond donors (Lipinski definition) is 1. The topological polar surface area (TPSA) is 62.3 Å². The van der Waals surface area contributed by atoms with Crippen molar-refractivity contribution in [1.29, 1.82) is 0 Å². The fraction of sp³-hybridized carbons (Fsp3) is 0.278. The summed E-state index contributed by atoms with van der Waals surface area (Å²) in [6.07, 6.45) is -1.48. The van der Waals surface area contributed by atoms with Gasteiger partial charge in [-0.3, -0.25) is 14.6 Å². The minimum absolute atomic E-state index is 0.0786. The quantitative estimate of drug-likeness (QED) is 0.909. The van der Waals surface area contributed by atoms with E-state index >= 15 is 0 Å². The van der Waals surface area contributed by atoms with E-state index < -0.39 is 23.6 Å². The fourth-order valence-electron chi connectivity index (χ4n) is 2.90. The summed E-state index contributed by atoms with van der Waals surface area (Å²) in [5, 5.41) is 2.70. The van der Waals surface area contributed by atoms with Crippen molar-refractivity contribution in [3.05, 3.63) is 59.9 Å². The number of aromatic nitrogens is 1. The van der Waals surface area contributed by atoms with Gasteiger partial charge in [-0.05, 0) is 23.8 Å². The maximum Gasteiger partial charge on any atom is 0.418 e. The Labute approximate surface area is 147 Å². The maximum atomic E-state index is 13.2. The highest BCUT2D eigenvalue weighted by atomic mass is 19.4. The normalized spacial score (nSPS) is 17.4. The van der Waals surface area contributed by atoms with Crippen molar-refractivity contribution >= 4 is 17.5 Å². The molecule has 1 atom stereocenters. The van der Waals surface area contributed by atoms with Gasteiger partial charge >= 0.3 is 6.18 Å². The summed E-state index contributed by atoms with van der Waals surface area (Å²) >= 11 is 0. The number of para-hydroxylation sites is 1. The van der Waals surface area contributed by atoms with E-state index in [0.29, 0.717) is 0 Å². The molecule has 1 N–H and O–H groups in total. The lowest BCUT2D eigenvalue weighted by Gasteiger charge is -2.21. The number of amides is 2. The summed E-state index contributed by atoms with van der Waals surface area (Å²) in [6, 6.07) is 8.41. The third-order valence-electron chi connectivity index (χ3n) is 4.19. The second kappa shape index (κ2) is 7.15. The van der Waals surface area contributed by atoms with E-state index in [1.165, 1.54) is 18.2 Å². The van der Waals surface area contributed by atoms with Crippen molar-refractivity contribution in [2.45, 2.75) is 19.1 Å². The number of hydrogen-bond acceptors (Lipinski definition) is 3. The van der Waals surface area contributed by atoms with Crippen molar-refractivity contribution in [1.82, 2.24) is 10.3 Å². The van der Waals surface area contributed by atoms with Gasteiger partial charge in [0.15, 0.2) is 0 Å². The van der Waals surface area contributed by atoms with Crippen LogP contribution in [0.15, 0.2) is 48.8 Å². The number of nitrogens with zero attached hydrogens (tertiary/aromatic N) is 2. The van der Waals surface area contributed by atoms with Gasteiger partial charge in [-0.25, -0.2) is 0 Å². The number of rotatable bonds is 4. The lowest BCUT2D eigenvalue weighted by atomic mass is 10.1. The van der Waals surface area contributed by atoms with Crippen molar-refractivity contribution < 1.29 is 22.8 Å². The molecule has 26 heavy (non-hydrogen) atoms. The van der Waals surface area contributed by atoms with Crippen LogP contribution in [0.4, 0.5) is 18.9 Å². The number of nitrogens with one attached hydrogen (secondary N) is 1. The molecule has 1 fully saturated rings. The molecule has 1 aromatic heterocycles. The van der Waals surface area contributed by atoms with Crippen molar-refractivity contribution in [3.8, 4) is 0 Å². The van der Waals surface area contributed by atoms with Crippen LogP contribution in [-0.4, -0.2) is 23.3 Å². The number of carbonyl (C=O) groups excluding carboxylic acids is 2. The highest BCUT2D eigenvalue weighted by Gasteiger charge is 2.40. The van der Waals surface area contributed by atoms with Gasteiger partial charge in [-0.1, -0.05) is 18.2 Å². The largest absolute Gasteiger partial charge is 0.418 e. The van der Waals surface area contributed by atoms with Crippen LogP contribution in [-0.2, 0) is 22.3 Å². The molecule has 0 aliphatic carbocycles. The molecular weight excluding hydrogens is 347 g/mol. The lowest BCUT2D eigenvalue weighted by molar-refractivity contribution is -0.137. The molecule has 0 spiro atoms. The molecule has 3 rings (SSSR count). The first-order valence-electron chi connectivity index (χ1n) is 7.99. The molecule has 5 nitrogen and oxygen atoms in total.